The van der Waals surface area contributed by atoms with E-state index in [2.05, 4.69) is 58.1 Å². The summed E-state index contributed by atoms with van der Waals surface area (Å²) in [6.45, 7) is 11.9. The molecule has 1 unspecified atom stereocenters. The van der Waals surface area contributed by atoms with E-state index in [9.17, 15) is 0 Å². The number of aromatic nitrogens is 1. The van der Waals surface area contributed by atoms with E-state index in [0.717, 1.165) is 19.4 Å². The third kappa shape index (κ3) is 4.14. The van der Waals surface area contributed by atoms with Crippen molar-refractivity contribution in [1.29, 1.82) is 0 Å². The van der Waals surface area contributed by atoms with Crippen LogP contribution < -0.4 is 5.32 Å². The molecule has 1 N–H and O–H groups in total. The molecule has 1 heterocycles. The Balaban J connectivity index is 2.24. The van der Waals surface area contributed by atoms with Crippen LogP contribution in [0.15, 0.2) is 18.2 Å². The van der Waals surface area contributed by atoms with Gasteiger partial charge in [-0.2, -0.15) is 0 Å². The molecule has 0 aliphatic heterocycles. The van der Waals surface area contributed by atoms with Gasteiger partial charge in [0, 0.05) is 17.3 Å². The normalized spacial score (nSPS) is 12.6. The first-order valence-electron chi connectivity index (χ1n) is 7.74. The number of benzene rings is 1. The van der Waals surface area contributed by atoms with Crippen molar-refractivity contribution in [3.63, 3.8) is 0 Å². The molecule has 1 aromatic carbocycles. The summed E-state index contributed by atoms with van der Waals surface area (Å²) in [6, 6.07) is 7.11. The topological polar surface area (TPSA) is 24.9 Å². The SMILES string of the molecule is CCCNC(Cc1nc(C)c(C)s1)c1ccc(C)cc1C. The number of rotatable bonds is 6. The van der Waals surface area contributed by atoms with E-state index in [1.165, 1.54) is 32.3 Å². The van der Waals surface area contributed by atoms with E-state index in [1.807, 2.05) is 11.3 Å². The quantitative estimate of drug-likeness (QED) is 0.839. The molecule has 0 fully saturated rings. The summed E-state index contributed by atoms with van der Waals surface area (Å²) in [5.74, 6) is 0. The Kier molecular flexibility index (Phi) is 5.54. The third-order valence-corrected chi connectivity index (χ3v) is 4.99. The molecule has 0 radical (unpaired) electrons. The third-order valence-electron chi connectivity index (χ3n) is 3.89. The lowest BCUT2D eigenvalue weighted by atomic mass is 9.97. The largest absolute Gasteiger partial charge is 0.310 e. The summed E-state index contributed by atoms with van der Waals surface area (Å²) in [5, 5.41) is 4.92. The molecule has 2 rings (SSSR count). The molecule has 0 amide bonds. The lowest BCUT2D eigenvalue weighted by Crippen LogP contribution is -2.24. The predicted octanol–water partition coefficient (Wildman–Crippen LogP) is 4.66. The van der Waals surface area contributed by atoms with Gasteiger partial charge >= 0.3 is 0 Å². The molecule has 2 nitrogen and oxygen atoms in total. The highest BCUT2D eigenvalue weighted by molar-refractivity contribution is 7.11. The van der Waals surface area contributed by atoms with Gasteiger partial charge in [0.1, 0.15) is 0 Å². The van der Waals surface area contributed by atoms with Gasteiger partial charge in [0.25, 0.3) is 0 Å². The van der Waals surface area contributed by atoms with E-state index in [4.69, 9.17) is 4.98 Å². The van der Waals surface area contributed by atoms with Crippen LogP contribution in [0.2, 0.25) is 0 Å². The van der Waals surface area contributed by atoms with Gasteiger partial charge in [-0.15, -0.1) is 11.3 Å². The number of nitrogens with zero attached hydrogens (tertiary/aromatic N) is 1. The van der Waals surface area contributed by atoms with Gasteiger partial charge in [-0.1, -0.05) is 30.7 Å². The maximum Gasteiger partial charge on any atom is 0.0949 e. The number of aryl methyl sites for hydroxylation is 4. The van der Waals surface area contributed by atoms with E-state index in [1.54, 1.807) is 0 Å². The van der Waals surface area contributed by atoms with Crippen molar-refractivity contribution in [2.45, 2.75) is 53.5 Å². The Morgan fingerprint density at radius 3 is 2.52 bits per heavy atom. The molecular weight excluding hydrogens is 276 g/mol. The van der Waals surface area contributed by atoms with E-state index >= 15 is 0 Å². The second-order valence-corrected chi connectivity index (χ2v) is 7.11. The summed E-state index contributed by atoms with van der Waals surface area (Å²) >= 11 is 1.83. The Hall–Kier alpha value is -1.19. The van der Waals surface area contributed by atoms with Gasteiger partial charge in [-0.25, -0.2) is 4.98 Å². The predicted molar refractivity (Wildman–Crippen MR) is 92.2 cm³/mol. The van der Waals surface area contributed by atoms with Crippen molar-refractivity contribution in [2.75, 3.05) is 6.54 Å². The van der Waals surface area contributed by atoms with Crippen LogP contribution >= 0.6 is 11.3 Å². The summed E-state index contributed by atoms with van der Waals surface area (Å²) in [6.07, 6.45) is 2.13. The Labute approximate surface area is 132 Å². The fourth-order valence-corrected chi connectivity index (χ4v) is 3.61. The number of hydrogen-bond donors (Lipinski definition) is 1. The van der Waals surface area contributed by atoms with Crippen LogP contribution in [0.3, 0.4) is 0 Å². The number of nitrogens with one attached hydrogen (secondary N) is 1. The van der Waals surface area contributed by atoms with E-state index in [0.29, 0.717) is 6.04 Å². The van der Waals surface area contributed by atoms with Crippen LogP contribution in [0, 0.1) is 27.7 Å². The molecule has 2 aromatic rings. The molecule has 114 valence electrons. The maximum absolute atomic E-state index is 4.71. The van der Waals surface area contributed by atoms with Crippen molar-refractivity contribution >= 4 is 11.3 Å². The average Bonchev–Trinajstić information content (AvgIpc) is 2.74. The fourth-order valence-electron chi connectivity index (χ4n) is 2.63. The fraction of sp³-hybridized carbons (Fsp3) is 0.500. The second kappa shape index (κ2) is 7.19. The van der Waals surface area contributed by atoms with Crippen LogP contribution in [-0.4, -0.2) is 11.5 Å². The van der Waals surface area contributed by atoms with Crippen LogP contribution in [0.25, 0.3) is 0 Å². The van der Waals surface area contributed by atoms with Gasteiger partial charge < -0.3 is 5.32 Å². The zero-order valence-electron chi connectivity index (χ0n) is 13.8. The first kappa shape index (κ1) is 16.2. The molecule has 1 atom stereocenters. The molecule has 0 saturated heterocycles. The zero-order valence-corrected chi connectivity index (χ0v) is 14.6. The van der Waals surface area contributed by atoms with Crippen LogP contribution in [0.5, 0.6) is 0 Å². The summed E-state index contributed by atoms with van der Waals surface area (Å²) < 4.78 is 0. The van der Waals surface area contributed by atoms with Gasteiger partial charge in [0.05, 0.1) is 10.7 Å². The highest BCUT2D eigenvalue weighted by Gasteiger charge is 2.16. The van der Waals surface area contributed by atoms with Gasteiger partial charge in [0.2, 0.25) is 0 Å². The average molecular weight is 302 g/mol. The van der Waals surface area contributed by atoms with Crippen molar-refractivity contribution < 1.29 is 0 Å². The monoisotopic (exact) mass is 302 g/mol. The minimum Gasteiger partial charge on any atom is -0.310 e. The summed E-state index contributed by atoms with van der Waals surface area (Å²) in [5.41, 5.74) is 5.27. The Morgan fingerprint density at radius 1 is 1.19 bits per heavy atom. The minimum atomic E-state index is 0.357. The van der Waals surface area contributed by atoms with Crippen LogP contribution in [0.4, 0.5) is 0 Å². The zero-order chi connectivity index (χ0) is 15.4. The highest BCUT2D eigenvalue weighted by atomic mass is 32.1. The van der Waals surface area contributed by atoms with Gasteiger partial charge in [0.15, 0.2) is 0 Å². The smallest absolute Gasteiger partial charge is 0.0949 e. The lowest BCUT2D eigenvalue weighted by molar-refractivity contribution is 0.526. The van der Waals surface area contributed by atoms with Crippen LogP contribution in [0.1, 0.15) is 51.7 Å². The molecule has 0 bridgehead atoms. The number of hydrogen-bond acceptors (Lipinski definition) is 3. The van der Waals surface area contributed by atoms with E-state index in [-0.39, 0.29) is 0 Å². The molecule has 0 spiro atoms. The molecule has 21 heavy (non-hydrogen) atoms. The molecule has 3 heteroatoms. The molecular formula is C18H26N2S. The summed E-state index contributed by atoms with van der Waals surface area (Å²) in [7, 11) is 0. The van der Waals surface area contributed by atoms with Crippen molar-refractivity contribution in [2.24, 2.45) is 0 Å². The lowest BCUT2D eigenvalue weighted by Gasteiger charge is -2.20. The number of thiazole rings is 1. The van der Waals surface area contributed by atoms with Gasteiger partial charge in [-0.3, -0.25) is 0 Å². The standard InChI is InChI=1S/C18H26N2S/c1-6-9-19-17(11-18-20-14(4)15(5)21-18)16-8-7-12(2)10-13(16)3/h7-8,10,17,19H,6,9,11H2,1-5H3. The first-order valence-corrected chi connectivity index (χ1v) is 8.56. The van der Waals surface area contributed by atoms with Crippen molar-refractivity contribution in [3.05, 3.63) is 50.5 Å². The molecule has 0 saturated carbocycles. The van der Waals surface area contributed by atoms with Crippen molar-refractivity contribution in [1.82, 2.24) is 10.3 Å². The Morgan fingerprint density at radius 2 is 1.95 bits per heavy atom. The summed E-state index contributed by atoms with van der Waals surface area (Å²) in [4.78, 5) is 6.04. The van der Waals surface area contributed by atoms with Crippen molar-refractivity contribution in [3.8, 4) is 0 Å². The Bertz CT molecular complexity index is 582. The first-order chi connectivity index (χ1) is 10.0. The molecule has 1 aromatic heterocycles. The van der Waals surface area contributed by atoms with Gasteiger partial charge in [-0.05, 0) is 51.8 Å². The van der Waals surface area contributed by atoms with E-state index < -0.39 is 0 Å². The second-order valence-electron chi connectivity index (χ2n) is 5.82. The minimum absolute atomic E-state index is 0.357. The van der Waals surface area contributed by atoms with Crippen LogP contribution in [-0.2, 0) is 6.42 Å². The molecule has 0 aliphatic carbocycles. The maximum atomic E-state index is 4.71. The molecule has 0 aliphatic rings. The highest BCUT2D eigenvalue weighted by Crippen LogP contribution is 2.26.